The summed E-state index contributed by atoms with van der Waals surface area (Å²) in [6.07, 6.45) is 2.92. The molecule has 3 N–H and O–H groups in total. The molecule has 4 amide bonds. The lowest BCUT2D eigenvalue weighted by Crippen LogP contribution is -2.54. The normalized spacial score (nSPS) is 16.8. The second-order valence-electron chi connectivity index (χ2n) is 18.1. The maximum Gasteiger partial charge on any atom is 0.352 e. The number of rotatable bonds is 20. The summed E-state index contributed by atoms with van der Waals surface area (Å²) in [7, 11) is 1.94. The van der Waals surface area contributed by atoms with Gasteiger partial charge in [0.05, 0.1) is 28.9 Å². The highest BCUT2D eigenvalue weighted by atomic mass is 35.5. The molecule has 3 aliphatic rings. The molecule has 5 heterocycles. The first-order valence-corrected chi connectivity index (χ1v) is 24.0. The van der Waals surface area contributed by atoms with Crippen molar-refractivity contribution < 1.29 is 38.6 Å². The number of para-hydroxylation sites is 1. The highest BCUT2D eigenvalue weighted by molar-refractivity contribution is 6.32. The van der Waals surface area contributed by atoms with E-state index in [2.05, 4.69) is 33.4 Å². The number of imide groups is 2. The monoisotopic (exact) mass is 948 g/mol. The van der Waals surface area contributed by atoms with Crippen molar-refractivity contribution >= 4 is 57.8 Å². The number of amides is 4. The molecule has 5 aromatic rings. The molecule has 2 fully saturated rings. The van der Waals surface area contributed by atoms with Crippen LogP contribution in [-0.2, 0) is 34.3 Å². The van der Waals surface area contributed by atoms with Crippen LogP contribution >= 0.6 is 11.6 Å². The van der Waals surface area contributed by atoms with Crippen LogP contribution in [0.5, 0.6) is 5.75 Å². The molecule has 8 rings (SSSR count). The zero-order valence-corrected chi connectivity index (χ0v) is 40.3. The van der Waals surface area contributed by atoms with Crippen molar-refractivity contribution in [1.29, 1.82) is 0 Å². The van der Waals surface area contributed by atoms with Crippen LogP contribution in [0.15, 0.2) is 48.5 Å². The molecule has 360 valence electrons. The van der Waals surface area contributed by atoms with Gasteiger partial charge in [-0.25, -0.2) is 4.79 Å². The standard InChI is InChI=1S/C51H61ClN8O8/c1-31-29-35(30-32(2)45(31)52)68-28-8-14-37-36-11-6-12-38(43-33(3)55-56(5)34(43)4)46(36)59(47(37)51(65)66)25-24-58-22-20-57(21-23-58)19-10-27-67-26-9-18-53-40-15-7-13-39-44(40)50(64)60(49(39)63)41-16-17-42(61)54-48(41)62/h6-7,11-13,15,29-30,41,53H,8-10,14,16-28H2,1-5H3,(H,65,66)(H,54,61,62). The van der Waals surface area contributed by atoms with Gasteiger partial charge in [-0.2, -0.15) is 5.10 Å². The van der Waals surface area contributed by atoms with Gasteiger partial charge in [0.2, 0.25) is 11.8 Å². The van der Waals surface area contributed by atoms with Crippen molar-refractivity contribution in [3.8, 4) is 16.9 Å². The van der Waals surface area contributed by atoms with Gasteiger partial charge in [-0.15, -0.1) is 0 Å². The summed E-state index contributed by atoms with van der Waals surface area (Å²) in [4.78, 5) is 69.8. The van der Waals surface area contributed by atoms with Crippen molar-refractivity contribution in [2.24, 2.45) is 7.05 Å². The third-order valence-corrected chi connectivity index (χ3v) is 14.1. The third kappa shape index (κ3) is 10.0. The number of piperidine rings is 1. The molecule has 0 spiro atoms. The van der Waals surface area contributed by atoms with E-state index >= 15 is 0 Å². The molecule has 3 aromatic carbocycles. The molecule has 2 aromatic heterocycles. The molecule has 0 saturated carbocycles. The number of carbonyl (C=O) groups is 5. The quantitative estimate of drug-likeness (QED) is 0.0566. The Labute approximate surface area is 401 Å². The van der Waals surface area contributed by atoms with E-state index in [1.165, 1.54) is 0 Å². The first-order valence-electron chi connectivity index (χ1n) is 23.6. The number of aryl methyl sites for hydroxylation is 5. The number of aromatic nitrogens is 3. The van der Waals surface area contributed by atoms with Gasteiger partial charge in [0.25, 0.3) is 11.8 Å². The number of ether oxygens (including phenoxy) is 2. The molecular formula is C51H61ClN8O8. The van der Waals surface area contributed by atoms with Crippen LogP contribution < -0.4 is 15.4 Å². The van der Waals surface area contributed by atoms with Crippen LogP contribution in [0.1, 0.15) is 91.4 Å². The average Bonchev–Trinajstić information content (AvgIpc) is 3.87. The molecule has 3 aliphatic heterocycles. The smallest absolute Gasteiger partial charge is 0.352 e. The number of nitrogens with one attached hydrogen (secondary N) is 2. The van der Waals surface area contributed by atoms with Gasteiger partial charge in [0, 0.05) is 112 Å². The van der Waals surface area contributed by atoms with Gasteiger partial charge in [-0.3, -0.25) is 39.0 Å². The summed E-state index contributed by atoms with van der Waals surface area (Å²) in [6.45, 7) is 15.8. The minimum absolute atomic E-state index is 0.0683. The summed E-state index contributed by atoms with van der Waals surface area (Å²) >= 11 is 6.39. The van der Waals surface area contributed by atoms with E-state index in [1.54, 1.807) is 18.2 Å². The zero-order chi connectivity index (χ0) is 48.2. The summed E-state index contributed by atoms with van der Waals surface area (Å²) in [5, 5.41) is 22.8. The van der Waals surface area contributed by atoms with Crippen molar-refractivity contribution in [1.82, 2.24) is 34.4 Å². The maximum atomic E-state index is 13.4. The SMILES string of the molecule is Cc1cc(OCCCc2c(C(=O)O)n(CCN3CCN(CCCOCCCNc4cccc5c4C(=O)N(C4CCC(=O)NC4=O)C5=O)CC3)c3c(-c4c(C)nn(C)c4C)cccc23)cc(C)c1Cl. The molecule has 0 radical (unpaired) electrons. The Balaban J connectivity index is 0.822. The first-order chi connectivity index (χ1) is 32.7. The number of halogens is 1. The lowest BCUT2D eigenvalue weighted by molar-refractivity contribution is -0.136. The Kier molecular flexibility index (Phi) is 15.0. The largest absolute Gasteiger partial charge is 0.494 e. The fourth-order valence-corrected chi connectivity index (χ4v) is 10.1. The van der Waals surface area contributed by atoms with Gasteiger partial charge in [-0.1, -0.05) is 35.9 Å². The molecule has 68 heavy (non-hydrogen) atoms. The number of carbonyl (C=O) groups excluding carboxylic acids is 4. The van der Waals surface area contributed by atoms with Gasteiger partial charge in [-0.05, 0) is 101 Å². The highest BCUT2D eigenvalue weighted by Gasteiger charge is 2.45. The Morgan fingerprint density at radius 3 is 2.24 bits per heavy atom. The number of aromatic carboxylic acids is 1. The number of hydrogen-bond acceptors (Lipinski definition) is 11. The molecule has 1 atom stereocenters. The molecular weight excluding hydrogens is 888 g/mol. The van der Waals surface area contributed by atoms with E-state index < -0.39 is 35.6 Å². The van der Waals surface area contributed by atoms with E-state index in [9.17, 15) is 29.1 Å². The van der Waals surface area contributed by atoms with Gasteiger partial charge >= 0.3 is 5.97 Å². The van der Waals surface area contributed by atoms with Crippen molar-refractivity contribution in [2.75, 3.05) is 71.0 Å². The van der Waals surface area contributed by atoms with Crippen LogP contribution in [-0.4, -0.2) is 135 Å². The van der Waals surface area contributed by atoms with E-state index in [-0.39, 0.29) is 24.0 Å². The highest BCUT2D eigenvalue weighted by Crippen LogP contribution is 2.38. The molecule has 0 aliphatic carbocycles. The second kappa shape index (κ2) is 21.1. The number of nitrogens with zero attached hydrogens (tertiary/aromatic N) is 6. The lowest BCUT2D eigenvalue weighted by Gasteiger charge is -2.34. The maximum absolute atomic E-state index is 13.4. The Hall–Kier alpha value is -6.07. The Morgan fingerprint density at radius 1 is 0.853 bits per heavy atom. The molecule has 2 saturated heterocycles. The number of fused-ring (bicyclic) bond motifs is 2. The summed E-state index contributed by atoms with van der Waals surface area (Å²) < 4.78 is 16.0. The topological polar surface area (TPSA) is 181 Å². The molecule has 1 unspecified atom stereocenters. The number of benzene rings is 3. The first kappa shape index (κ1) is 48.4. The minimum Gasteiger partial charge on any atom is -0.494 e. The van der Waals surface area contributed by atoms with Crippen molar-refractivity contribution in [2.45, 2.75) is 78.8 Å². The van der Waals surface area contributed by atoms with Crippen LogP contribution in [0.25, 0.3) is 22.0 Å². The number of carboxylic acids is 1. The predicted octanol–water partition coefficient (Wildman–Crippen LogP) is 6.57. The molecule has 17 heteroatoms. The van der Waals surface area contributed by atoms with Gasteiger partial charge in [0.1, 0.15) is 17.5 Å². The molecule has 0 bridgehead atoms. The minimum atomic E-state index is -1.01. The molecule has 16 nitrogen and oxygen atoms in total. The fourth-order valence-electron chi connectivity index (χ4n) is 10.0. The Bertz CT molecular complexity index is 2730. The zero-order valence-electron chi connectivity index (χ0n) is 39.6. The van der Waals surface area contributed by atoms with Crippen molar-refractivity contribution in [3.05, 3.63) is 98.5 Å². The summed E-state index contributed by atoms with van der Waals surface area (Å²) in [6, 6.07) is 14.1. The van der Waals surface area contributed by atoms with Crippen LogP contribution in [0.3, 0.4) is 0 Å². The van der Waals surface area contributed by atoms with Crippen LogP contribution in [0.4, 0.5) is 5.69 Å². The summed E-state index contributed by atoms with van der Waals surface area (Å²) in [5.41, 5.74) is 8.93. The Morgan fingerprint density at radius 2 is 1.54 bits per heavy atom. The van der Waals surface area contributed by atoms with Crippen molar-refractivity contribution in [3.63, 3.8) is 0 Å². The fraction of sp³-hybridized carbons (Fsp3) is 0.451. The number of hydrogen-bond donors (Lipinski definition) is 3. The third-order valence-electron chi connectivity index (χ3n) is 13.5. The number of anilines is 1. The van der Waals surface area contributed by atoms with Crippen LogP contribution in [0, 0.1) is 27.7 Å². The van der Waals surface area contributed by atoms with E-state index in [0.717, 1.165) is 105 Å². The van der Waals surface area contributed by atoms with Crippen LogP contribution in [0.2, 0.25) is 5.02 Å². The lowest BCUT2D eigenvalue weighted by atomic mass is 9.98. The average molecular weight is 950 g/mol. The number of piperazine rings is 1. The number of carboxylic acid groups (broad SMARTS) is 1. The summed E-state index contributed by atoms with van der Waals surface area (Å²) in [5.74, 6) is -2.30. The second-order valence-corrected chi connectivity index (χ2v) is 18.5. The van der Waals surface area contributed by atoms with E-state index in [1.807, 2.05) is 61.3 Å². The van der Waals surface area contributed by atoms with Gasteiger partial charge < -0.3 is 29.4 Å². The van der Waals surface area contributed by atoms with Gasteiger partial charge in [0.15, 0.2) is 0 Å². The van der Waals surface area contributed by atoms with E-state index in [0.29, 0.717) is 70.1 Å². The predicted molar refractivity (Wildman–Crippen MR) is 260 cm³/mol. The van der Waals surface area contributed by atoms with E-state index in [4.69, 9.17) is 26.2 Å².